The smallest absolute Gasteiger partial charge is 0.356 e. The summed E-state index contributed by atoms with van der Waals surface area (Å²) in [7, 11) is 0. The van der Waals surface area contributed by atoms with Crippen molar-refractivity contribution in [2.75, 3.05) is 0 Å². The first-order valence-electron chi connectivity index (χ1n) is 8.02. The second kappa shape index (κ2) is 6.92. The number of hydrogen-bond donors (Lipinski definition) is 2. The summed E-state index contributed by atoms with van der Waals surface area (Å²) >= 11 is 0. The molecule has 2 aromatic heterocycles. The second-order valence-corrected chi connectivity index (χ2v) is 6.02. The van der Waals surface area contributed by atoms with Crippen molar-refractivity contribution >= 4 is 5.97 Å². The molecule has 0 unspecified atom stereocenters. The molecule has 0 aliphatic heterocycles. The normalized spacial score (nSPS) is 16.6. The Hall–Kier alpha value is -2.54. The van der Waals surface area contributed by atoms with Gasteiger partial charge in [-0.25, -0.2) is 4.79 Å². The Labute approximate surface area is 140 Å². The van der Waals surface area contributed by atoms with Crippen LogP contribution in [0.1, 0.15) is 39.6 Å². The van der Waals surface area contributed by atoms with Crippen LogP contribution in [0.4, 0.5) is 0 Å². The van der Waals surface area contributed by atoms with Crippen LogP contribution in [0.5, 0.6) is 0 Å². The number of aryl methyl sites for hydroxylation is 1. The van der Waals surface area contributed by atoms with Crippen molar-refractivity contribution in [1.82, 2.24) is 25.1 Å². The average Bonchev–Trinajstić information content (AvgIpc) is 2.93. The zero-order valence-electron chi connectivity index (χ0n) is 13.7. The highest BCUT2D eigenvalue weighted by atomic mass is 16.4. The van der Waals surface area contributed by atoms with E-state index in [0.717, 1.165) is 35.5 Å². The second-order valence-electron chi connectivity index (χ2n) is 6.02. The van der Waals surface area contributed by atoms with E-state index in [-0.39, 0.29) is 11.7 Å². The van der Waals surface area contributed by atoms with Crippen molar-refractivity contribution in [3.8, 4) is 0 Å². The molecular weight excluding hydrogens is 306 g/mol. The summed E-state index contributed by atoms with van der Waals surface area (Å²) in [5.41, 5.74) is 3.78. The molecule has 126 valence electrons. The SMILES string of the molecule is C=CCn1nc(C(=O)O)c2c1CC[C@@H](NCc1cnc(C)cn1)C2. The Balaban J connectivity index is 1.72. The number of carboxylic acids is 1. The summed E-state index contributed by atoms with van der Waals surface area (Å²) in [5, 5.41) is 17.1. The molecule has 1 aliphatic carbocycles. The van der Waals surface area contributed by atoms with Crippen molar-refractivity contribution < 1.29 is 9.90 Å². The molecule has 1 aliphatic rings. The molecular formula is C17H21N5O2. The van der Waals surface area contributed by atoms with Crippen molar-refractivity contribution in [3.05, 3.63) is 53.4 Å². The highest BCUT2D eigenvalue weighted by Crippen LogP contribution is 2.25. The van der Waals surface area contributed by atoms with E-state index < -0.39 is 5.97 Å². The number of hydrogen-bond acceptors (Lipinski definition) is 5. The molecule has 24 heavy (non-hydrogen) atoms. The maximum Gasteiger partial charge on any atom is 0.356 e. The lowest BCUT2D eigenvalue weighted by Crippen LogP contribution is -2.35. The van der Waals surface area contributed by atoms with Gasteiger partial charge >= 0.3 is 5.97 Å². The Morgan fingerprint density at radius 3 is 3.00 bits per heavy atom. The minimum atomic E-state index is -0.973. The minimum Gasteiger partial charge on any atom is -0.476 e. The van der Waals surface area contributed by atoms with Crippen molar-refractivity contribution in [3.63, 3.8) is 0 Å². The molecule has 0 saturated carbocycles. The first-order valence-corrected chi connectivity index (χ1v) is 8.02. The number of fused-ring (bicyclic) bond motifs is 1. The maximum absolute atomic E-state index is 11.5. The fourth-order valence-corrected chi connectivity index (χ4v) is 3.07. The van der Waals surface area contributed by atoms with Crippen LogP contribution in [0.2, 0.25) is 0 Å². The van der Waals surface area contributed by atoms with Crippen LogP contribution in [0, 0.1) is 6.92 Å². The molecule has 2 N–H and O–H groups in total. The Bertz CT molecular complexity index is 751. The van der Waals surface area contributed by atoms with Gasteiger partial charge in [-0.1, -0.05) is 6.08 Å². The van der Waals surface area contributed by atoms with E-state index in [1.807, 2.05) is 6.92 Å². The standard InChI is InChI=1S/C17H21N5O2/c1-3-6-22-15-5-4-12(7-14(15)16(21-22)17(23)24)20-10-13-9-18-11(2)8-19-13/h3,8-9,12,20H,1,4-7,10H2,2H3,(H,23,24)/t12-/m1/s1. The van der Waals surface area contributed by atoms with Gasteiger partial charge in [0.2, 0.25) is 0 Å². The number of rotatable bonds is 6. The fourth-order valence-electron chi connectivity index (χ4n) is 3.07. The lowest BCUT2D eigenvalue weighted by molar-refractivity contribution is 0.0688. The number of nitrogens with one attached hydrogen (secondary N) is 1. The molecule has 7 heteroatoms. The van der Waals surface area contributed by atoms with Gasteiger partial charge in [-0.05, 0) is 26.2 Å². The zero-order valence-corrected chi connectivity index (χ0v) is 13.7. The van der Waals surface area contributed by atoms with E-state index in [2.05, 4.69) is 27.0 Å². The monoisotopic (exact) mass is 327 g/mol. The quantitative estimate of drug-likeness (QED) is 0.781. The van der Waals surface area contributed by atoms with Crippen molar-refractivity contribution in [1.29, 1.82) is 0 Å². The molecule has 0 bridgehead atoms. The van der Waals surface area contributed by atoms with Crippen molar-refractivity contribution in [2.24, 2.45) is 0 Å². The van der Waals surface area contributed by atoms with E-state index in [1.165, 1.54) is 0 Å². The predicted octanol–water partition coefficient (Wildman–Crippen LogP) is 1.51. The molecule has 0 amide bonds. The molecule has 0 saturated heterocycles. The number of carboxylic acid groups (broad SMARTS) is 1. The third kappa shape index (κ3) is 3.35. The number of allylic oxidation sites excluding steroid dienone is 1. The van der Waals surface area contributed by atoms with E-state index in [1.54, 1.807) is 23.2 Å². The summed E-state index contributed by atoms with van der Waals surface area (Å²) in [4.78, 5) is 20.0. The van der Waals surface area contributed by atoms with Gasteiger partial charge in [0, 0.05) is 36.2 Å². The summed E-state index contributed by atoms with van der Waals surface area (Å²) in [5.74, 6) is -0.973. The van der Waals surface area contributed by atoms with Gasteiger partial charge in [-0.15, -0.1) is 6.58 Å². The van der Waals surface area contributed by atoms with Gasteiger partial charge in [0.25, 0.3) is 0 Å². The molecule has 0 radical (unpaired) electrons. The highest BCUT2D eigenvalue weighted by molar-refractivity contribution is 5.87. The zero-order chi connectivity index (χ0) is 17.1. The molecule has 0 fully saturated rings. The van der Waals surface area contributed by atoms with Crippen LogP contribution in [-0.2, 0) is 25.9 Å². The van der Waals surface area contributed by atoms with Crippen molar-refractivity contribution in [2.45, 2.75) is 45.3 Å². The Morgan fingerprint density at radius 2 is 2.33 bits per heavy atom. The van der Waals surface area contributed by atoms with Crippen LogP contribution in [0.25, 0.3) is 0 Å². The first kappa shape index (κ1) is 16.3. The molecule has 0 spiro atoms. The Kier molecular flexibility index (Phi) is 4.71. The number of aromatic carboxylic acids is 1. The van der Waals surface area contributed by atoms with E-state index in [0.29, 0.717) is 19.5 Å². The molecule has 2 heterocycles. The highest BCUT2D eigenvalue weighted by Gasteiger charge is 2.28. The molecule has 7 nitrogen and oxygen atoms in total. The van der Waals surface area contributed by atoms with Crippen LogP contribution < -0.4 is 5.32 Å². The van der Waals surface area contributed by atoms with Crippen LogP contribution in [0.3, 0.4) is 0 Å². The predicted molar refractivity (Wildman–Crippen MR) is 88.8 cm³/mol. The maximum atomic E-state index is 11.5. The fraction of sp³-hybridized carbons (Fsp3) is 0.412. The summed E-state index contributed by atoms with van der Waals surface area (Å²) in [6.07, 6.45) is 7.65. The van der Waals surface area contributed by atoms with Gasteiger partial charge in [-0.2, -0.15) is 5.10 Å². The van der Waals surface area contributed by atoms with E-state index >= 15 is 0 Å². The van der Waals surface area contributed by atoms with Gasteiger partial charge in [0.1, 0.15) is 0 Å². The van der Waals surface area contributed by atoms with E-state index in [9.17, 15) is 9.90 Å². The summed E-state index contributed by atoms with van der Waals surface area (Å²) < 4.78 is 1.76. The van der Waals surface area contributed by atoms with Crippen LogP contribution in [-0.4, -0.2) is 36.9 Å². The minimum absolute atomic E-state index is 0.161. The lowest BCUT2D eigenvalue weighted by atomic mass is 9.91. The third-order valence-corrected chi connectivity index (χ3v) is 4.26. The largest absolute Gasteiger partial charge is 0.476 e. The first-order chi connectivity index (χ1) is 11.6. The number of nitrogens with zero attached hydrogens (tertiary/aromatic N) is 4. The van der Waals surface area contributed by atoms with Gasteiger partial charge in [-0.3, -0.25) is 14.6 Å². The molecule has 1 atom stereocenters. The lowest BCUT2D eigenvalue weighted by Gasteiger charge is -2.24. The van der Waals surface area contributed by atoms with Gasteiger partial charge in [0.05, 0.1) is 17.9 Å². The average molecular weight is 327 g/mol. The van der Waals surface area contributed by atoms with Crippen LogP contribution >= 0.6 is 0 Å². The molecule has 0 aromatic carbocycles. The van der Waals surface area contributed by atoms with Crippen LogP contribution in [0.15, 0.2) is 25.0 Å². The Morgan fingerprint density at radius 1 is 1.50 bits per heavy atom. The molecule has 2 aromatic rings. The van der Waals surface area contributed by atoms with Gasteiger partial charge < -0.3 is 10.4 Å². The topological polar surface area (TPSA) is 92.9 Å². The summed E-state index contributed by atoms with van der Waals surface area (Å²) in [6.45, 7) is 6.77. The summed E-state index contributed by atoms with van der Waals surface area (Å²) in [6, 6.07) is 0.208. The van der Waals surface area contributed by atoms with Gasteiger partial charge in [0.15, 0.2) is 5.69 Å². The number of carbonyl (C=O) groups is 1. The molecule has 3 rings (SSSR count). The third-order valence-electron chi connectivity index (χ3n) is 4.26. The number of aromatic nitrogens is 4. The van der Waals surface area contributed by atoms with E-state index in [4.69, 9.17) is 0 Å².